The molecular weight excluding hydrogens is 380 g/mol. The van der Waals surface area contributed by atoms with Crippen molar-refractivity contribution in [1.82, 2.24) is 15.0 Å². The molecule has 1 amide bonds. The maximum Gasteiger partial charge on any atom is 0.261 e. The minimum absolute atomic E-state index is 0.00611. The highest BCUT2D eigenvalue weighted by atomic mass is 16.3. The third kappa shape index (κ3) is 3.83. The molecule has 3 aromatic heterocycles. The average Bonchev–Trinajstić information content (AvgIpc) is 2.74. The van der Waals surface area contributed by atoms with E-state index in [0.717, 1.165) is 11.1 Å². The molecule has 7 nitrogen and oxygen atoms in total. The number of rotatable bonds is 4. The Morgan fingerprint density at radius 2 is 1.93 bits per heavy atom. The molecule has 30 heavy (non-hydrogen) atoms. The number of nitrogens with zero attached hydrogens (tertiary/aromatic N) is 2. The van der Waals surface area contributed by atoms with Crippen LogP contribution in [0.2, 0.25) is 0 Å². The first-order valence-corrected chi connectivity index (χ1v) is 9.39. The Hall–Kier alpha value is -3.84. The predicted octanol–water partition coefficient (Wildman–Crippen LogP) is 3.46. The van der Waals surface area contributed by atoms with Gasteiger partial charge in [0, 0.05) is 41.6 Å². The number of aromatic amines is 1. The van der Waals surface area contributed by atoms with Crippen LogP contribution in [0.15, 0.2) is 72.0 Å². The Labute approximate surface area is 172 Å². The Morgan fingerprint density at radius 3 is 2.73 bits per heavy atom. The van der Waals surface area contributed by atoms with Gasteiger partial charge in [-0.1, -0.05) is 12.1 Å². The lowest BCUT2D eigenvalue weighted by Crippen LogP contribution is -2.22. The number of hydrogen-bond donors (Lipinski definition) is 3. The van der Waals surface area contributed by atoms with Crippen LogP contribution in [0.5, 0.6) is 0 Å². The highest BCUT2D eigenvalue weighted by molar-refractivity contribution is 6.05. The minimum atomic E-state index is -1.01. The van der Waals surface area contributed by atoms with Crippen LogP contribution in [-0.2, 0) is 5.60 Å². The SMILES string of the molecule is CC(C)(O)c1cncc(-c2cccc(NC(=O)c3c[nH]c4ncccc4c3=O)c2)c1. The number of fused-ring (bicyclic) bond motifs is 1. The summed E-state index contributed by atoms with van der Waals surface area (Å²) in [6.45, 7) is 3.39. The number of benzene rings is 1. The second-order valence-electron chi connectivity index (χ2n) is 7.49. The summed E-state index contributed by atoms with van der Waals surface area (Å²) in [6.07, 6.45) is 6.26. The molecule has 0 atom stereocenters. The second-order valence-corrected chi connectivity index (χ2v) is 7.49. The second kappa shape index (κ2) is 7.53. The van der Waals surface area contributed by atoms with Crippen LogP contribution in [0.1, 0.15) is 29.8 Å². The van der Waals surface area contributed by atoms with Gasteiger partial charge in [0.25, 0.3) is 5.91 Å². The summed E-state index contributed by atoms with van der Waals surface area (Å²) in [5, 5.41) is 13.4. The van der Waals surface area contributed by atoms with Gasteiger partial charge in [-0.25, -0.2) is 4.98 Å². The van der Waals surface area contributed by atoms with E-state index in [4.69, 9.17) is 0 Å². The first-order valence-electron chi connectivity index (χ1n) is 9.39. The smallest absolute Gasteiger partial charge is 0.261 e. The third-order valence-corrected chi connectivity index (χ3v) is 4.79. The van der Waals surface area contributed by atoms with Gasteiger partial charge in [-0.05, 0) is 49.7 Å². The molecule has 150 valence electrons. The number of carbonyl (C=O) groups excluding carboxylic acids is 1. The fourth-order valence-electron chi connectivity index (χ4n) is 3.13. The molecule has 4 rings (SSSR count). The van der Waals surface area contributed by atoms with Crippen LogP contribution >= 0.6 is 0 Å². The van der Waals surface area contributed by atoms with Gasteiger partial charge in [0.2, 0.25) is 5.43 Å². The van der Waals surface area contributed by atoms with Crippen LogP contribution in [0, 0.1) is 0 Å². The highest BCUT2D eigenvalue weighted by Crippen LogP contribution is 2.27. The van der Waals surface area contributed by atoms with Crippen molar-refractivity contribution < 1.29 is 9.90 Å². The van der Waals surface area contributed by atoms with Crippen molar-refractivity contribution >= 4 is 22.6 Å². The number of aliphatic hydroxyl groups is 1. The first kappa shape index (κ1) is 19.5. The van der Waals surface area contributed by atoms with Gasteiger partial charge >= 0.3 is 0 Å². The van der Waals surface area contributed by atoms with E-state index < -0.39 is 11.5 Å². The van der Waals surface area contributed by atoms with E-state index >= 15 is 0 Å². The van der Waals surface area contributed by atoms with E-state index in [0.29, 0.717) is 22.3 Å². The average molecular weight is 400 g/mol. The van der Waals surface area contributed by atoms with Crippen molar-refractivity contribution in [3.05, 3.63) is 88.6 Å². The maximum atomic E-state index is 12.7. The van der Waals surface area contributed by atoms with Crippen LogP contribution in [0.4, 0.5) is 5.69 Å². The van der Waals surface area contributed by atoms with Crippen molar-refractivity contribution in [3.8, 4) is 11.1 Å². The largest absolute Gasteiger partial charge is 0.386 e. The topological polar surface area (TPSA) is 108 Å². The molecule has 0 aliphatic heterocycles. The summed E-state index contributed by atoms with van der Waals surface area (Å²) < 4.78 is 0. The molecule has 3 heterocycles. The number of hydrogen-bond acceptors (Lipinski definition) is 5. The van der Waals surface area contributed by atoms with Gasteiger partial charge in [-0.2, -0.15) is 0 Å². The molecular formula is C23H20N4O3. The lowest BCUT2D eigenvalue weighted by molar-refractivity contribution is 0.0782. The van der Waals surface area contributed by atoms with Gasteiger partial charge in [0.05, 0.1) is 11.0 Å². The van der Waals surface area contributed by atoms with Crippen LogP contribution in [-0.4, -0.2) is 26.0 Å². The fraction of sp³-hybridized carbons (Fsp3) is 0.130. The minimum Gasteiger partial charge on any atom is -0.386 e. The Kier molecular flexibility index (Phi) is 4.89. The number of carbonyl (C=O) groups is 1. The van der Waals surface area contributed by atoms with E-state index in [9.17, 15) is 14.7 Å². The van der Waals surface area contributed by atoms with E-state index in [1.165, 1.54) is 6.20 Å². The lowest BCUT2D eigenvalue weighted by Gasteiger charge is -2.18. The summed E-state index contributed by atoms with van der Waals surface area (Å²) in [6, 6.07) is 12.4. The molecule has 7 heteroatoms. The van der Waals surface area contributed by atoms with E-state index in [-0.39, 0.29) is 11.0 Å². The zero-order valence-electron chi connectivity index (χ0n) is 16.5. The first-order chi connectivity index (χ1) is 14.3. The molecule has 0 aliphatic rings. The normalized spacial score (nSPS) is 11.4. The standard InChI is InChI=1S/C23H20N4O3/c1-23(2,30)16-9-15(11-24-12-16)14-5-3-6-17(10-14)27-22(29)19-13-26-21-18(20(19)28)7-4-8-25-21/h3-13,30H,1-2H3,(H,27,29)(H,25,26,28). The summed E-state index contributed by atoms with van der Waals surface area (Å²) in [4.78, 5) is 36.5. The number of pyridine rings is 3. The summed E-state index contributed by atoms with van der Waals surface area (Å²) >= 11 is 0. The van der Waals surface area contributed by atoms with E-state index in [1.807, 2.05) is 12.1 Å². The highest BCUT2D eigenvalue weighted by Gasteiger charge is 2.17. The molecule has 0 spiro atoms. The quantitative estimate of drug-likeness (QED) is 0.486. The molecule has 1 aromatic carbocycles. The van der Waals surface area contributed by atoms with E-state index in [2.05, 4.69) is 20.3 Å². The molecule has 0 radical (unpaired) electrons. The molecule has 0 saturated heterocycles. The van der Waals surface area contributed by atoms with E-state index in [1.54, 1.807) is 62.8 Å². The Morgan fingerprint density at radius 1 is 1.10 bits per heavy atom. The number of nitrogens with one attached hydrogen (secondary N) is 2. The zero-order valence-corrected chi connectivity index (χ0v) is 16.5. The van der Waals surface area contributed by atoms with Crippen molar-refractivity contribution in [3.63, 3.8) is 0 Å². The zero-order chi connectivity index (χ0) is 21.3. The van der Waals surface area contributed by atoms with Crippen LogP contribution in [0.25, 0.3) is 22.2 Å². The number of aromatic nitrogens is 3. The van der Waals surface area contributed by atoms with Gasteiger partial charge < -0.3 is 15.4 Å². The van der Waals surface area contributed by atoms with Crippen LogP contribution in [0.3, 0.4) is 0 Å². The van der Waals surface area contributed by atoms with Gasteiger partial charge in [0.15, 0.2) is 0 Å². The molecule has 4 aromatic rings. The summed E-state index contributed by atoms with van der Waals surface area (Å²) in [7, 11) is 0. The fourth-order valence-corrected chi connectivity index (χ4v) is 3.13. The van der Waals surface area contributed by atoms with Crippen molar-refractivity contribution in [2.75, 3.05) is 5.32 Å². The lowest BCUT2D eigenvalue weighted by atomic mass is 9.97. The van der Waals surface area contributed by atoms with Crippen molar-refractivity contribution in [1.29, 1.82) is 0 Å². The molecule has 0 fully saturated rings. The van der Waals surface area contributed by atoms with Gasteiger partial charge in [-0.15, -0.1) is 0 Å². The molecule has 0 unspecified atom stereocenters. The van der Waals surface area contributed by atoms with Crippen molar-refractivity contribution in [2.24, 2.45) is 0 Å². The number of anilines is 1. The Bertz CT molecular complexity index is 1310. The number of amides is 1. The monoisotopic (exact) mass is 400 g/mol. The molecule has 3 N–H and O–H groups in total. The number of H-pyrrole nitrogens is 1. The predicted molar refractivity (Wildman–Crippen MR) is 115 cm³/mol. The van der Waals surface area contributed by atoms with Crippen molar-refractivity contribution in [2.45, 2.75) is 19.4 Å². The van der Waals surface area contributed by atoms with Gasteiger partial charge in [-0.3, -0.25) is 14.6 Å². The summed E-state index contributed by atoms with van der Waals surface area (Å²) in [5.74, 6) is -0.512. The molecule has 0 bridgehead atoms. The molecule has 0 saturated carbocycles. The summed E-state index contributed by atoms with van der Waals surface area (Å²) in [5.41, 5.74) is 1.89. The van der Waals surface area contributed by atoms with Gasteiger partial charge in [0.1, 0.15) is 11.2 Å². The third-order valence-electron chi connectivity index (χ3n) is 4.79. The Balaban J connectivity index is 1.64. The molecule has 0 aliphatic carbocycles. The van der Waals surface area contributed by atoms with Crippen LogP contribution < -0.4 is 10.7 Å². The maximum absolute atomic E-state index is 12.7.